The number of hydrogen-bond acceptors (Lipinski definition) is 4. The number of carbonyl (C=O) groups is 2. The lowest BCUT2D eigenvalue weighted by atomic mass is 10.2. The van der Waals surface area contributed by atoms with Crippen LogP contribution in [0.15, 0.2) is 59.0 Å². The molecule has 2 amide bonds. The number of fused-ring (bicyclic) bond motifs is 1. The van der Waals surface area contributed by atoms with Crippen molar-refractivity contribution in [1.82, 2.24) is 4.90 Å². The van der Waals surface area contributed by atoms with E-state index in [2.05, 4.69) is 5.32 Å². The molecule has 0 fully saturated rings. The first-order valence-electron chi connectivity index (χ1n) is 8.32. The van der Waals surface area contributed by atoms with Crippen LogP contribution in [0.5, 0.6) is 0 Å². The van der Waals surface area contributed by atoms with E-state index in [-0.39, 0.29) is 18.5 Å². The summed E-state index contributed by atoms with van der Waals surface area (Å²) in [7, 11) is 1.87. The normalized spacial score (nSPS) is 12.3. The summed E-state index contributed by atoms with van der Waals surface area (Å²) in [4.78, 5) is 25.3. The lowest BCUT2D eigenvalue weighted by Crippen LogP contribution is -2.32. The molecular formula is C20H21N3O3. The van der Waals surface area contributed by atoms with Gasteiger partial charge in [0.2, 0.25) is 11.8 Å². The number of primary amides is 1. The average molecular weight is 351 g/mol. The molecule has 6 heteroatoms. The van der Waals surface area contributed by atoms with Crippen LogP contribution in [0.2, 0.25) is 0 Å². The molecular weight excluding hydrogens is 330 g/mol. The van der Waals surface area contributed by atoms with Gasteiger partial charge in [-0.05, 0) is 50.4 Å². The number of para-hydroxylation sites is 1. The highest BCUT2D eigenvalue weighted by Gasteiger charge is 2.18. The minimum Gasteiger partial charge on any atom is -0.459 e. The molecule has 2 aromatic carbocycles. The molecule has 1 unspecified atom stereocenters. The number of carbonyl (C=O) groups excluding carboxylic acids is 2. The Labute approximate surface area is 151 Å². The SMILES string of the molecule is CC(c1cc2ccccc2o1)N(C)CC(=O)Nc1ccc(C(N)=O)cc1. The van der Waals surface area contributed by atoms with E-state index in [1.807, 2.05) is 49.2 Å². The summed E-state index contributed by atoms with van der Waals surface area (Å²) in [6.45, 7) is 2.20. The van der Waals surface area contributed by atoms with Gasteiger partial charge in [-0.25, -0.2) is 0 Å². The third kappa shape index (κ3) is 3.92. The van der Waals surface area contributed by atoms with Crippen LogP contribution in [0.3, 0.4) is 0 Å². The van der Waals surface area contributed by atoms with Crippen LogP contribution < -0.4 is 11.1 Å². The maximum Gasteiger partial charge on any atom is 0.248 e. The summed E-state index contributed by atoms with van der Waals surface area (Å²) in [6, 6.07) is 16.2. The minimum atomic E-state index is -0.498. The van der Waals surface area contributed by atoms with Crippen molar-refractivity contribution >= 4 is 28.5 Å². The van der Waals surface area contributed by atoms with Crippen molar-refractivity contribution in [3.8, 4) is 0 Å². The fraction of sp³-hybridized carbons (Fsp3) is 0.200. The van der Waals surface area contributed by atoms with Crippen LogP contribution >= 0.6 is 0 Å². The molecule has 0 saturated carbocycles. The third-order valence-electron chi connectivity index (χ3n) is 4.36. The summed E-state index contributed by atoms with van der Waals surface area (Å²) in [5, 5.41) is 3.85. The molecule has 0 aliphatic heterocycles. The Morgan fingerprint density at radius 2 is 1.85 bits per heavy atom. The van der Waals surface area contributed by atoms with Crippen molar-refractivity contribution in [2.24, 2.45) is 5.73 Å². The van der Waals surface area contributed by atoms with E-state index in [0.29, 0.717) is 11.3 Å². The molecule has 3 aromatic rings. The maximum atomic E-state index is 12.3. The van der Waals surface area contributed by atoms with Gasteiger partial charge in [0, 0.05) is 16.6 Å². The second kappa shape index (κ2) is 7.41. The Bertz CT molecular complexity index is 898. The smallest absolute Gasteiger partial charge is 0.248 e. The first-order valence-corrected chi connectivity index (χ1v) is 8.32. The fourth-order valence-corrected chi connectivity index (χ4v) is 2.71. The number of anilines is 1. The Morgan fingerprint density at radius 3 is 2.50 bits per heavy atom. The monoisotopic (exact) mass is 351 g/mol. The number of benzene rings is 2. The van der Waals surface area contributed by atoms with E-state index in [0.717, 1.165) is 16.7 Å². The molecule has 134 valence electrons. The third-order valence-corrected chi connectivity index (χ3v) is 4.36. The number of rotatable bonds is 6. The predicted octanol–water partition coefficient (Wildman–Crippen LogP) is 3.16. The van der Waals surface area contributed by atoms with Crippen LogP contribution in [-0.4, -0.2) is 30.3 Å². The van der Waals surface area contributed by atoms with E-state index in [1.54, 1.807) is 24.3 Å². The standard InChI is InChI=1S/C20H21N3O3/c1-13(18-11-15-5-3-4-6-17(15)26-18)23(2)12-19(24)22-16-9-7-14(8-10-16)20(21)25/h3-11,13H,12H2,1-2H3,(H2,21,25)(H,22,24). The molecule has 6 nitrogen and oxygen atoms in total. The Kier molecular flexibility index (Phi) is 5.04. The van der Waals surface area contributed by atoms with Gasteiger partial charge in [0.25, 0.3) is 0 Å². The van der Waals surface area contributed by atoms with E-state index in [1.165, 1.54) is 0 Å². The second-order valence-electron chi connectivity index (χ2n) is 6.27. The largest absolute Gasteiger partial charge is 0.459 e. The first kappa shape index (κ1) is 17.7. The summed E-state index contributed by atoms with van der Waals surface area (Å²) in [5.41, 5.74) is 7.06. The summed E-state index contributed by atoms with van der Waals surface area (Å²) in [6.07, 6.45) is 0. The van der Waals surface area contributed by atoms with E-state index >= 15 is 0 Å². The number of nitrogens with one attached hydrogen (secondary N) is 1. The number of likely N-dealkylation sites (N-methyl/N-ethyl adjacent to an activating group) is 1. The highest BCUT2D eigenvalue weighted by Crippen LogP contribution is 2.26. The van der Waals surface area contributed by atoms with Gasteiger partial charge < -0.3 is 15.5 Å². The molecule has 0 radical (unpaired) electrons. The van der Waals surface area contributed by atoms with Crippen LogP contribution in [0.4, 0.5) is 5.69 Å². The molecule has 1 aromatic heterocycles. The van der Waals surface area contributed by atoms with Gasteiger partial charge in [0.1, 0.15) is 11.3 Å². The fourth-order valence-electron chi connectivity index (χ4n) is 2.71. The topological polar surface area (TPSA) is 88.6 Å². The Hall–Kier alpha value is -3.12. The molecule has 3 N–H and O–H groups in total. The first-order chi connectivity index (χ1) is 12.4. The van der Waals surface area contributed by atoms with Gasteiger partial charge in [-0.15, -0.1) is 0 Å². The molecule has 3 rings (SSSR count). The van der Waals surface area contributed by atoms with Gasteiger partial charge in [-0.2, -0.15) is 0 Å². The van der Waals surface area contributed by atoms with Gasteiger partial charge in [0.05, 0.1) is 12.6 Å². The molecule has 0 aliphatic carbocycles. The lowest BCUT2D eigenvalue weighted by Gasteiger charge is -2.22. The van der Waals surface area contributed by atoms with E-state index in [4.69, 9.17) is 10.2 Å². The van der Waals surface area contributed by atoms with Crippen LogP contribution in [-0.2, 0) is 4.79 Å². The molecule has 1 atom stereocenters. The van der Waals surface area contributed by atoms with Crippen molar-refractivity contribution in [3.05, 3.63) is 65.9 Å². The van der Waals surface area contributed by atoms with Crippen molar-refractivity contribution in [1.29, 1.82) is 0 Å². The van der Waals surface area contributed by atoms with E-state index < -0.39 is 5.91 Å². The molecule has 26 heavy (non-hydrogen) atoms. The number of amides is 2. The van der Waals surface area contributed by atoms with Crippen molar-refractivity contribution < 1.29 is 14.0 Å². The van der Waals surface area contributed by atoms with Crippen molar-refractivity contribution in [2.75, 3.05) is 18.9 Å². The van der Waals surface area contributed by atoms with Crippen LogP contribution in [0, 0.1) is 0 Å². The van der Waals surface area contributed by atoms with Crippen LogP contribution in [0.25, 0.3) is 11.0 Å². The zero-order valence-corrected chi connectivity index (χ0v) is 14.7. The highest BCUT2D eigenvalue weighted by molar-refractivity contribution is 5.95. The van der Waals surface area contributed by atoms with Gasteiger partial charge >= 0.3 is 0 Å². The second-order valence-corrected chi connectivity index (χ2v) is 6.27. The molecule has 0 aliphatic rings. The number of nitrogens with zero attached hydrogens (tertiary/aromatic N) is 1. The molecule has 1 heterocycles. The minimum absolute atomic E-state index is 0.0506. The van der Waals surface area contributed by atoms with Crippen molar-refractivity contribution in [2.45, 2.75) is 13.0 Å². The zero-order valence-electron chi connectivity index (χ0n) is 14.7. The quantitative estimate of drug-likeness (QED) is 0.714. The summed E-state index contributed by atoms with van der Waals surface area (Å²) < 4.78 is 5.87. The highest BCUT2D eigenvalue weighted by atomic mass is 16.3. The van der Waals surface area contributed by atoms with Gasteiger partial charge in [0.15, 0.2) is 0 Å². The van der Waals surface area contributed by atoms with Gasteiger partial charge in [-0.3, -0.25) is 14.5 Å². The number of hydrogen-bond donors (Lipinski definition) is 2. The number of nitrogens with two attached hydrogens (primary N) is 1. The number of furan rings is 1. The Morgan fingerprint density at radius 1 is 1.15 bits per heavy atom. The average Bonchev–Trinajstić information content (AvgIpc) is 3.05. The maximum absolute atomic E-state index is 12.3. The van der Waals surface area contributed by atoms with E-state index in [9.17, 15) is 9.59 Å². The van der Waals surface area contributed by atoms with Gasteiger partial charge in [-0.1, -0.05) is 18.2 Å². The molecule has 0 spiro atoms. The van der Waals surface area contributed by atoms with Crippen molar-refractivity contribution in [3.63, 3.8) is 0 Å². The Balaban J connectivity index is 1.61. The lowest BCUT2D eigenvalue weighted by molar-refractivity contribution is -0.117. The predicted molar refractivity (Wildman–Crippen MR) is 101 cm³/mol. The molecule has 0 bridgehead atoms. The van der Waals surface area contributed by atoms with Crippen LogP contribution in [0.1, 0.15) is 29.1 Å². The summed E-state index contributed by atoms with van der Waals surface area (Å²) in [5.74, 6) is 0.164. The summed E-state index contributed by atoms with van der Waals surface area (Å²) >= 11 is 0. The zero-order chi connectivity index (χ0) is 18.7. The molecule has 0 saturated heterocycles.